The molecule has 1 aliphatic rings. The largest absolute Gasteiger partial charge is 0.348 e. The molecule has 2 N–H and O–H groups in total. The lowest BCUT2D eigenvalue weighted by Gasteiger charge is -2.22. The number of pyridine rings is 1. The van der Waals surface area contributed by atoms with Crippen LogP contribution in [0.1, 0.15) is 38.3 Å². The van der Waals surface area contributed by atoms with E-state index in [0.717, 1.165) is 17.8 Å². The molecule has 2 heterocycles. The summed E-state index contributed by atoms with van der Waals surface area (Å²) in [6, 6.07) is 5.41. The van der Waals surface area contributed by atoms with Gasteiger partial charge in [0.05, 0.1) is 0 Å². The molecule has 1 aromatic heterocycles. The van der Waals surface area contributed by atoms with Gasteiger partial charge in [-0.2, -0.15) is 5.10 Å². The summed E-state index contributed by atoms with van der Waals surface area (Å²) < 4.78 is 1.05. The van der Waals surface area contributed by atoms with E-state index in [0.29, 0.717) is 16.5 Å². The van der Waals surface area contributed by atoms with Gasteiger partial charge in [-0.3, -0.25) is 10.6 Å². The Kier molecular flexibility index (Phi) is 5.29. The number of thiocarbonyl (C=S) groups is 1. The molecule has 0 aliphatic carbocycles. The van der Waals surface area contributed by atoms with E-state index >= 15 is 0 Å². The lowest BCUT2D eigenvalue weighted by molar-refractivity contribution is -0.905. The summed E-state index contributed by atoms with van der Waals surface area (Å²) in [4.78, 5) is 2.16. The second-order valence-corrected chi connectivity index (χ2v) is 5.33. The van der Waals surface area contributed by atoms with E-state index in [4.69, 9.17) is 12.2 Å². The predicted octanol–water partition coefficient (Wildman–Crippen LogP) is 1.69. The third kappa shape index (κ3) is 3.90. The predicted molar refractivity (Wildman–Crippen MR) is 81.8 cm³/mol. The first kappa shape index (κ1) is 14.7. The standard InChI is InChI=1S/C14H20N4OS/c1-12(13-8-4-7-11-18(13)19)15-16-14(20)17-9-5-2-3-6-10-17/h4,7-8,11,19H,2-3,5-6,9-10H2,1H3/p+1. The third-order valence-electron chi connectivity index (χ3n) is 3.42. The quantitative estimate of drug-likeness (QED) is 0.286. The van der Waals surface area contributed by atoms with Gasteiger partial charge in [-0.25, -0.2) is 0 Å². The molecule has 1 aliphatic heterocycles. The smallest absolute Gasteiger partial charge is 0.280 e. The molecular weight excluding hydrogens is 272 g/mol. The van der Waals surface area contributed by atoms with Crippen LogP contribution in [0, 0.1) is 0 Å². The highest BCUT2D eigenvalue weighted by atomic mass is 32.1. The lowest BCUT2D eigenvalue weighted by atomic mass is 10.2. The Morgan fingerprint density at radius 1 is 1.30 bits per heavy atom. The second kappa shape index (κ2) is 7.19. The number of nitrogens with one attached hydrogen (secondary N) is 1. The van der Waals surface area contributed by atoms with Crippen LogP contribution in [0.3, 0.4) is 0 Å². The molecule has 0 amide bonds. The molecule has 0 saturated carbocycles. The van der Waals surface area contributed by atoms with Crippen molar-refractivity contribution < 1.29 is 9.94 Å². The lowest BCUT2D eigenvalue weighted by Crippen LogP contribution is -2.40. The van der Waals surface area contributed by atoms with Crippen molar-refractivity contribution in [2.24, 2.45) is 5.10 Å². The maximum atomic E-state index is 9.70. The zero-order valence-electron chi connectivity index (χ0n) is 11.7. The SMILES string of the molecule is C/C(=N\NC(=S)N1CCCCCC1)c1cccc[n+]1O. The van der Waals surface area contributed by atoms with Crippen molar-refractivity contribution in [2.75, 3.05) is 13.1 Å². The summed E-state index contributed by atoms with van der Waals surface area (Å²) >= 11 is 5.37. The molecule has 1 aromatic rings. The summed E-state index contributed by atoms with van der Waals surface area (Å²) in [6.45, 7) is 3.82. The Balaban J connectivity index is 1.97. The topological polar surface area (TPSA) is 51.7 Å². The summed E-state index contributed by atoms with van der Waals surface area (Å²) in [7, 11) is 0. The van der Waals surface area contributed by atoms with Crippen molar-refractivity contribution in [3.63, 3.8) is 0 Å². The molecule has 6 heteroatoms. The number of rotatable bonds is 2. The number of nitrogens with zero attached hydrogens (tertiary/aromatic N) is 3. The first-order valence-corrected chi connectivity index (χ1v) is 7.39. The molecule has 1 fully saturated rings. The van der Waals surface area contributed by atoms with Gasteiger partial charge in [0.2, 0.25) is 6.20 Å². The molecule has 5 nitrogen and oxygen atoms in total. The van der Waals surface area contributed by atoms with Crippen LogP contribution < -0.4 is 10.2 Å². The van der Waals surface area contributed by atoms with Crippen molar-refractivity contribution in [1.82, 2.24) is 10.3 Å². The Bertz CT molecular complexity index is 496. The van der Waals surface area contributed by atoms with Gasteiger partial charge >= 0.3 is 0 Å². The molecule has 0 spiro atoms. The van der Waals surface area contributed by atoms with Crippen LogP contribution in [-0.2, 0) is 0 Å². The van der Waals surface area contributed by atoms with E-state index < -0.39 is 0 Å². The van der Waals surface area contributed by atoms with E-state index in [1.807, 2.05) is 13.0 Å². The van der Waals surface area contributed by atoms with Gasteiger partial charge in [0, 0.05) is 30.0 Å². The third-order valence-corrected chi connectivity index (χ3v) is 3.77. The van der Waals surface area contributed by atoms with Crippen LogP contribution in [-0.4, -0.2) is 34.0 Å². The van der Waals surface area contributed by atoms with Crippen LogP contribution in [0.15, 0.2) is 29.5 Å². The zero-order valence-corrected chi connectivity index (χ0v) is 12.6. The molecule has 20 heavy (non-hydrogen) atoms. The van der Waals surface area contributed by atoms with Gasteiger partial charge in [0.25, 0.3) is 5.69 Å². The van der Waals surface area contributed by atoms with Crippen LogP contribution >= 0.6 is 12.2 Å². The van der Waals surface area contributed by atoms with Gasteiger partial charge in [-0.05, 0) is 38.0 Å². The first-order chi connectivity index (χ1) is 9.68. The minimum Gasteiger partial charge on any atom is -0.348 e. The first-order valence-electron chi connectivity index (χ1n) is 6.98. The van der Waals surface area contributed by atoms with E-state index in [1.165, 1.54) is 25.7 Å². The number of hydrogen-bond donors (Lipinski definition) is 2. The van der Waals surface area contributed by atoms with Crippen LogP contribution in [0.25, 0.3) is 0 Å². The summed E-state index contributed by atoms with van der Waals surface area (Å²) in [5, 5.41) is 14.6. The fourth-order valence-electron chi connectivity index (χ4n) is 2.25. The minimum atomic E-state index is 0.638. The van der Waals surface area contributed by atoms with Crippen LogP contribution in [0.5, 0.6) is 0 Å². The summed E-state index contributed by atoms with van der Waals surface area (Å²) in [5.74, 6) is 0. The van der Waals surface area contributed by atoms with Crippen molar-refractivity contribution >= 4 is 23.0 Å². The molecule has 0 atom stereocenters. The number of hydrogen-bond acceptors (Lipinski definition) is 3. The van der Waals surface area contributed by atoms with Crippen molar-refractivity contribution in [2.45, 2.75) is 32.6 Å². The van der Waals surface area contributed by atoms with Gasteiger partial charge in [-0.1, -0.05) is 12.8 Å². The Labute approximate surface area is 124 Å². The number of hydrazone groups is 1. The zero-order chi connectivity index (χ0) is 14.4. The number of likely N-dealkylation sites (tertiary alicyclic amines) is 1. The van der Waals surface area contributed by atoms with E-state index in [9.17, 15) is 5.21 Å². The molecule has 2 rings (SSSR count). The normalized spacial score (nSPS) is 16.6. The maximum Gasteiger partial charge on any atom is 0.280 e. The van der Waals surface area contributed by atoms with Crippen molar-refractivity contribution in [1.29, 1.82) is 0 Å². The molecular formula is C14H21N4OS+. The Hall–Kier alpha value is -1.69. The summed E-state index contributed by atoms with van der Waals surface area (Å²) in [6.07, 6.45) is 6.48. The molecule has 0 bridgehead atoms. The van der Waals surface area contributed by atoms with Crippen molar-refractivity contribution in [3.8, 4) is 0 Å². The molecule has 0 radical (unpaired) electrons. The molecule has 1 saturated heterocycles. The second-order valence-electron chi connectivity index (χ2n) is 4.95. The number of aromatic nitrogens is 1. The average molecular weight is 293 g/mol. The fourth-order valence-corrected chi connectivity index (χ4v) is 2.48. The van der Waals surface area contributed by atoms with Gasteiger partial charge in [-0.15, -0.1) is 0 Å². The van der Waals surface area contributed by atoms with Gasteiger partial charge in [0.1, 0.15) is 5.71 Å². The Morgan fingerprint density at radius 3 is 2.65 bits per heavy atom. The van der Waals surface area contributed by atoms with Crippen molar-refractivity contribution in [3.05, 3.63) is 30.1 Å². The van der Waals surface area contributed by atoms with Gasteiger partial charge in [0.15, 0.2) is 5.11 Å². The minimum absolute atomic E-state index is 0.638. The summed E-state index contributed by atoms with van der Waals surface area (Å²) in [5.41, 5.74) is 4.25. The van der Waals surface area contributed by atoms with E-state index in [2.05, 4.69) is 15.4 Å². The average Bonchev–Trinajstić information content (AvgIpc) is 2.74. The Morgan fingerprint density at radius 2 is 2.00 bits per heavy atom. The monoisotopic (exact) mass is 293 g/mol. The molecule has 0 aromatic carbocycles. The fraction of sp³-hybridized carbons (Fsp3) is 0.500. The van der Waals surface area contributed by atoms with Gasteiger partial charge < -0.3 is 4.90 Å². The highest BCUT2D eigenvalue weighted by Crippen LogP contribution is 2.09. The van der Waals surface area contributed by atoms with E-state index in [1.54, 1.807) is 18.3 Å². The molecule has 108 valence electrons. The van der Waals surface area contributed by atoms with Crippen LogP contribution in [0.2, 0.25) is 0 Å². The highest BCUT2D eigenvalue weighted by molar-refractivity contribution is 7.80. The van der Waals surface area contributed by atoms with E-state index in [-0.39, 0.29) is 0 Å². The highest BCUT2D eigenvalue weighted by Gasteiger charge is 2.14. The molecule has 0 unspecified atom stereocenters. The van der Waals surface area contributed by atoms with Crippen LogP contribution in [0.4, 0.5) is 0 Å². The maximum absolute atomic E-state index is 9.70.